The van der Waals surface area contributed by atoms with Crippen molar-refractivity contribution in [3.8, 4) is 66.0 Å². The summed E-state index contributed by atoms with van der Waals surface area (Å²) in [7, 11) is 0. The molecule has 0 aromatic carbocycles. The third kappa shape index (κ3) is 28.2. The smallest absolute Gasteiger partial charge is 0.140 e. The number of rotatable bonds is 68. The summed E-state index contributed by atoms with van der Waals surface area (Å²) in [6.07, 6.45) is 88.1. The Labute approximate surface area is 688 Å². The van der Waals surface area contributed by atoms with Gasteiger partial charge in [-0.15, -0.1) is 68.0 Å². The van der Waals surface area contributed by atoms with Crippen molar-refractivity contribution < 1.29 is 14.2 Å². The van der Waals surface area contributed by atoms with Gasteiger partial charge in [-0.05, 0) is 118 Å². The fourth-order valence-corrected chi connectivity index (χ4v) is 25.6. The topological polar surface area (TPSA) is 27.7 Å². The fraction of sp³-hybridized carbons (Fsp3) is 0.758. The average Bonchev–Trinajstić information content (AvgIpc) is 1.56. The summed E-state index contributed by atoms with van der Waals surface area (Å²) in [5.41, 5.74) is 3.54. The molecule has 108 heavy (non-hydrogen) atoms. The molecule has 0 spiro atoms. The SMILES string of the molecule is CCCCCCCCCCCCC1(CCCCCCCCCCCC)Oc2ccsc2-c2sc(-c3cc4c(s3)-c3sc(-c5cc6c(s5)-c5sccc5OC6(CCCCCCCCCCCC)CCCCCCCCCCCC)cc3C(CCCCCCCCCCCC)(CCCCCCCCCCCC)O4)cc21. The molecule has 0 atom stereocenters. The van der Waals surface area contributed by atoms with Crippen LogP contribution in [0.2, 0.25) is 0 Å². The minimum atomic E-state index is -0.362. The van der Waals surface area contributed by atoms with Gasteiger partial charge in [-0.3, -0.25) is 0 Å². The monoisotopic (exact) mass is 1590 g/mol. The van der Waals surface area contributed by atoms with Crippen LogP contribution in [0.15, 0.2) is 47.2 Å². The first-order valence-electron chi connectivity index (χ1n) is 47.2. The zero-order valence-electron chi connectivity index (χ0n) is 70.5. The van der Waals surface area contributed by atoms with E-state index in [9.17, 15) is 0 Å². The second-order valence-electron chi connectivity index (χ2n) is 34.5. The van der Waals surface area contributed by atoms with Crippen molar-refractivity contribution in [2.24, 2.45) is 0 Å². The normalized spacial score (nSPS) is 14.3. The number of unbranched alkanes of at least 4 members (excludes halogenated alkanes) is 54. The summed E-state index contributed by atoms with van der Waals surface area (Å²) < 4.78 is 23.4. The van der Waals surface area contributed by atoms with E-state index < -0.39 is 0 Å². The molecule has 0 saturated carbocycles. The van der Waals surface area contributed by atoms with Gasteiger partial charge in [0.05, 0.1) is 29.3 Å². The summed E-state index contributed by atoms with van der Waals surface area (Å²) in [5.74, 6) is 3.44. The molecule has 9 heterocycles. The van der Waals surface area contributed by atoms with Crippen LogP contribution in [0, 0.1) is 0 Å². The lowest BCUT2D eigenvalue weighted by Gasteiger charge is -2.38. The number of hydrogen-bond donors (Lipinski definition) is 0. The van der Waals surface area contributed by atoms with E-state index in [0.717, 1.165) is 55.8 Å². The van der Waals surface area contributed by atoms with Gasteiger partial charge in [0.25, 0.3) is 0 Å². The first-order chi connectivity index (χ1) is 53.3. The Morgan fingerprint density at radius 3 is 0.620 bits per heavy atom. The van der Waals surface area contributed by atoms with Gasteiger partial charge in [0.2, 0.25) is 0 Å². The van der Waals surface area contributed by atoms with Crippen molar-refractivity contribution in [3.05, 3.63) is 63.8 Å². The zero-order chi connectivity index (χ0) is 75.4. The average molecular weight is 1590 g/mol. The molecule has 9 rings (SSSR count). The highest BCUT2D eigenvalue weighted by atomic mass is 32.1. The van der Waals surface area contributed by atoms with Crippen molar-refractivity contribution in [2.45, 2.75) is 482 Å². The maximum absolute atomic E-state index is 8.12. The van der Waals surface area contributed by atoms with Gasteiger partial charge >= 0.3 is 0 Å². The van der Waals surface area contributed by atoms with Gasteiger partial charge in [-0.2, -0.15) is 0 Å². The van der Waals surface area contributed by atoms with Gasteiger partial charge in [0.15, 0.2) is 0 Å². The number of fused-ring (bicyclic) bond motifs is 9. The van der Waals surface area contributed by atoms with E-state index in [1.807, 2.05) is 34.0 Å². The van der Waals surface area contributed by atoms with E-state index in [1.165, 1.54) is 451 Å². The molecule has 3 nitrogen and oxygen atoms in total. The van der Waals surface area contributed by atoms with Crippen molar-refractivity contribution in [1.82, 2.24) is 0 Å². The van der Waals surface area contributed by atoms with Crippen LogP contribution in [0.3, 0.4) is 0 Å². The molecule has 9 heteroatoms. The standard InChI is InChI=1S/C99H158O3S6/c1-7-13-19-25-31-37-43-49-55-61-69-97(70-62-56-50-44-38-32-26-20-14-8-2)81-77-87(105-91(81)94-84(100-97)67-75-103-94)88-79-83-93(107-88)96-86(102-99(83,73-65-59-53-47-41-35-29-23-17-11-5)74-66-60-54-48-42-36-30-24-18-12-6)80-90(108-96)89-78-82-92(106-89)95-85(68-76-104-95)101-98(82,71-63-57-51-45-39-33-27-21-15-9-3)72-64-58-52-46-40-34-28-22-16-10-4/h67-68,75-80H,7-66,69-74H2,1-6H3. The molecule has 6 aromatic rings. The van der Waals surface area contributed by atoms with Crippen molar-refractivity contribution >= 4 is 68.0 Å². The van der Waals surface area contributed by atoms with Gasteiger partial charge in [-0.1, -0.05) is 388 Å². The lowest BCUT2D eigenvalue weighted by atomic mass is 9.81. The summed E-state index contributed by atoms with van der Waals surface area (Å²) in [6.45, 7) is 14.0. The van der Waals surface area contributed by atoms with E-state index >= 15 is 0 Å². The summed E-state index contributed by atoms with van der Waals surface area (Å²) in [5, 5.41) is 4.64. The Bertz CT molecular complexity index is 3190. The maximum Gasteiger partial charge on any atom is 0.140 e. The molecule has 0 fully saturated rings. The van der Waals surface area contributed by atoms with Gasteiger partial charge in [0.1, 0.15) is 34.1 Å². The Morgan fingerprint density at radius 1 is 0.204 bits per heavy atom. The molecular formula is C99H158O3S6. The van der Waals surface area contributed by atoms with Crippen LogP contribution in [0.1, 0.15) is 482 Å². The van der Waals surface area contributed by atoms with E-state index in [1.54, 1.807) is 0 Å². The number of ether oxygens (including phenoxy) is 3. The van der Waals surface area contributed by atoms with Gasteiger partial charge in [0, 0.05) is 42.3 Å². The van der Waals surface area contributed by atoms with Crippen LogP contribution >= 0.6 is 68.0 Å². The molecule has 6 aromatic heterocycles. The second-order valence-corrected chi connectivity index (χ2v) is 40.5. The predicted octanol–water partition coefficient (Wildman–Crippen LogP) is 38.0. The Morgan fingerprint density at radius 2 is 0.389 bits per heavy atom. The number of hydrogen-bond acceptors (Lipinski definition) is 9. The molecule has 608 valence electrons. The number of thiophene rings is 6. The highest BCUT2D eigenvalue weighted by Crippen LogP contribution is 2.63. The van der Waals surface area contributed by atoms with Gasteiger partial charge < -0.3 is 14.2 Å². The van der Waals surface area contributed by atoms with Crippen LogP contribution in [0.25, 0.3) is 48.8 Å². The summed E-state index contributed by atoms with van der Waals surface area (Å²) in [6, 6.07) is 15.3. The largest absolute Gasteiger partial charge is 0.481 e. The first kappa shape index (κ1) is 89.5. The lowest BCUT2D eigenvalue weighted by Crippen LogP contribution is -2.35. The Balaban J connectivity index is 1.05. The first-order valence-corrected chi connectivity index (χ1v) is 52.2. The predicted molar refractivity (Wildman–Crippen MR) is 487 cm³/mol. The third-order valence-corrected chi connectivity index (χ3v) is 32.4. The molecule has 0 unspecified atom stereocenters. The van der Waals surface area contributed by atoms with Crippen LogP contribution in [0.4, 0.5) is 0 Å². The quantitative estimate of drug-likeness (QED) is 0.0356. The molecule has 0 radical (unpaired) electrons. The molecule has 0 N–H and O–H groups in total. The van der Waals surface area contributed by atoms with Crippen LogP contribution in [0.5, 0.6) is 17.2 Å². The van der Waals surface area contributed by atoms with Crippen molar-refractivity contribution in [3.63, 3.8) is 0 Å². The van der Waals surface area contributed by atoms with Crippen LogP contribution in [-0.2, 0) is 16.8 Å². The van der Waals surface area contributed by atoms with Crippen LogP contribution < -0.4 is 14.2 Å². The molecular weight excluding hydrogens is 1430 g/mol. The van der Waals surface area contributed by atoms with Gasteiger partial charge in [-0.25, -0.2) is 0 Å². The van der Waals surface area contributed by atoms with Crippen molar-refractivity contribution in [2.75, 3.05) is 0 Å². The maximum atomic E-state index is 8.12. The second kappa shape index (κ2) is 52.2. The fourth-order valence-electron chi connectivity index (χ4n) is 18.5. The van der Waals surface area contributed by atoms with Crippen molar-refractivity contribution in [1.29, 1.82) is 0 Å². The molecule has 0 aliphatic carbocycles. The minimum absolute atomic E-state index is 0.296. The highest BCUT2D eigenvalue weighted by molar-refractivity contribution is 7.31. The van der Waals surface area contributed by atoms with E-state index in [4.69, 9.17) is 14.2 Å². The highest BCUT2D eigenvalue weighted by Gasteiger charge is 2.47. The van der Waals surface area contributed by atoms with E-state index in [0.29, 0.717) is 0 Å². The minimum Gasteiger partial charge on any atom is -0.481 e. The molecule has 0 saturated heterocycles. The molecule has 0 amide bonds. The summed E-state index contributed by atoms with van der Waals surface area (Å²) in [4.78, 5) is 14.3. The molecule has 0 bridgehead atoms. The van der Waals surface area contributed by atoms with Crippen LogP contribution in [-0.4, -0.2) is 0 Å². The Kier molecular flexibility index (Phi) is 43.3. The molecule has 3 aliphatic rings. The van der Waals surface area contributed by atoms with E-state index in [-0.39, 0.29) is 16.8 Å². The zero-order valence-corrected chi connectivity index (χ0v) is 75.4. The Hall–Kier alpha value is -2.40. The van der Waals surface area contributed by atoms with E-state index in [2.05, 4.69) is 123 Å². The molecule has 3 aliphatic heterocycles. The lowest BCUT2D eigenvalue weighted by molar-refractivity contribution is 0.0394. The third-order valence-electron chi connectivity index (χ3n) is 25.3. The summed E-state index contributed by atoms with van der Waals surface area (Å²) >= 11 is 12.2.